The van der Waals surface area contributed by atoms with Gasteiger partial charge in [0.15, 0.2) is 17.9 Å². The molecule has 6 atom stereocenters. The maximum absolute atomic E-state index is 13.5. The van der Waals surface area contributed by atoms with Crippen molar-refractivity contribution < 1.29 is 65.8 Å². The summed E-state index contributed by atoms with van der Waals surface area (Å²) >= 11 is 0. The molecule has 1 aromatic heterocycles. The number of aliphatic hydroxyl groups is 2. The van der Waals surface area contributed by atoms with E-state index in [1.165, 1.54) is 0 Å². The molecule has 1 saturated heterocycles. The number of ether oxygens (including phenoxy) is 1. The smallest absolute Gasteiger partial charge is 0.387 e. The summed E-state index contributed by atoms with van der Waals surface area (Å²) < 4.78 is 63.7. The molecule has 0 bridgehead atoms. The highest BCUT2D eigenvalue weighted by atomic mass is 31.3. The van der Waals surface area contributed by atoms with Gasteiger partial charge in [0.25, 0.3) is 0 Å². The molecule has 0 saturated carbocycles. The summed E-state index contributed by atoms with van der Waals surface area (Å²) in [6.07, 6.45) is -6.64. The van der Waals surface area contributed by atoms with Gasteiger partial charge in [0, 0.05) is 0 Å². The van der Waals surface area contributed by atoms with Crippen LogP contribution >= 0.6 is 23.5 Å². The van der Waals surface area contributed by atoms with Gasteiger partial charge in [-0.1, -0.05) is 0 Å². The normalized spacial score (nSPS) is 25.4. The van der Waals surface area contributed by atoms with Crippen LogP contribution in [0.25, 0.3) is 0 Å². The van der Waals surface area contributed by atoms with E-state index in [-0.39, 0.29) is 24.6 Å². The number of nitrogens with two attached hydrogens (primary N) is 1. The van der Waals surface area contributed by atoms with Crippen LogP contribution in [0, 0.1) is 5.82 Å². The average molecular weight is 569 g/mol. The second-order valence-corrected chi connectivity index (χ2v) is 10.0. The molecule has 0 aromatic carbocycles. The predicted octanol–water partition coefficient (Wildman–Crippen LogP) is -1.42. The molecular weight excluding hydrogens is 542 g/mol. The first-order chi connectivity index (χ1) is 13.5. The van der Waals surface area contributed by atoms with Crippen LogP contribution in [-0.2, 0) is 31.6 Å². The van der Waals surface area contributed by atoms with Gasteiger partial charge >= 0.3 is 29.2 Å². The number of hydrogen-bond donors (Lipinski definition) is 11. The van der Waals surface area contributed by atoms with Gasteiger partial charge < -0.3 is 64.9 Å². The Morgan fingerprint density at radius 2 is 1.56 bits per heavy atom. The molecule has 34 heavy (non-hydrogen) atoms. The van der Waals surface area contributed by atoms with E-state index in [1.807, 2.05) is 0 Å². The Kier molecular flexibility index (Phi) is 14.4. The van der Waals surface area contributed by atoms with Gasteiger partial charge in [0.05, 0.1) is 12.8 Å². The predicted molar refractivity (Wildman–Crippen MR) is 109 cm³/mol. The Labute approximate surface area is 189 Å². The first-order valence-corrected chi connectivity index (χ1v) is 11.9. The Morgan fingerprint density at radius 3 is 2.06 bits per heavy atom. The largest absolute Gasteiger partial charge is 0.490 e. The van der Waals surface area contributed by atoms with Crippen molar-refractivity contribution in [2.45, 2.75) is 24.5 Å². The summed E-state index contributed by atoms with van der Waals surface area (Å²) in [6.45, 7) is -1.11. The number of aliphatic hydroxyl groups excluding tert-OH is 2. The van der Waals surface area contributed by atoms with Crippen molar-refractivity contribution in [3.63, 3.8) is 0 Å². The van der Waals surface area contributed by atoms with Gasteiger partial charge in [-0.05, 0) is 0 Å². The number of nitrogens with zero attached hydrogens (tertiary/aromatic N) is 2. The van der Waals surface area contributed by atoms with Gasteiger partial charge in [-0.2, -0.15) is 13.6 Å². The molecule has 1 aliphatic heterocycles. The summed E-state index contributed by atoms with van der Waals surface area (Å²) in [5.74, 6) is -1.90. The molecule has 1 fully saturated rings. The van der Waals surface area contributed by atoms with Crippen LogP contribution in [0.15, 0.2) is 11.0 Å². The van der Waals surface area contributed by atoms with Crippen molar-refractivity contribution in [3.8, 4) is 0 Å². The number of rotatable bonds is 8. The number of halogens is 1. The number of aromatic nitrogens is 2. The molecule has 2 rings (SSSR count). The molecule has 25 heteroatoms. The molecule has 0 aliphatic carbocycles. The molecule has 0 radical (unpaired) electrons. The van der Waals surface area contributed by atoms with Crippen LogP contribution in [0.3, 0.4) is 0 Å². The van der Waals surface area contributed by atoms with E-state index in [0.29, 0.717) is 10.8 Å². The quantitative estimate of drug-likeness (QED) is 0.160. The lowest BCUT2D eigenvalue weighted by Gasteiger charge is -2.19. The van der Waals surface area contributed by atoms with Crippen LogP contribution in [0.1, 0.15) is 6.23 Å². The highest BCUT2D eigenvalue weighted by Crippen LogP contribution is 2.66. The molecule has 21 nitrogen and oxygen atoms in total. The molecule has 204 valence electrons. The molecule has 20 N–H and O–H groups in total. The Balaban J connectivity index is -0.00000240. The van der Waals surface area contributed by atoms with Crippen molar-refractivity contribution >= 4 is 29.3 Å². The SMILES string of the molecule is N.N.N.N.Nc1nc(=O)n([C@@H]2O[C@H](COP(=O)(O)OP(=O)(O)OP(=O)(O)O)[C@H](O)[C@@H]2O)cc1F. The maximum Gasteiger partial charge on any atom is 0.490 e. The van der Waals surface area contributed by atoms with E-state index in [9.17, 15) is 38.0 Å². The third kappa shape index (κ3) is 9.77. The van der Waals surface area contributed by atoms with Crippen LogP contribution < -0.4 is 36.0 Å². The summed E-state index contributed by atoms with van der Waals surface area (Å²) in [5.41, 5.74) is 3.95. The number of nitrogen functional groups attached to an aromatic ring is 1. The van der Waals surface area contributed by atoms with E-state index in [1.54, 1.807) is 0 Å². The zero-order valence-electron chi connectivity index (χ0n) is 17.1. The first kappa shape index (κ1) is 37.3. The summed E-state index contributed by atoms with van der Waals surface area (Å²) in [6, 6.07) is 0. The molecular formula is C9H27FN7O14P3. The topological polar surface area (TPSA) is 410 Å². The summed E-state index contributed by atoms with van der Waals surface area (Å²) in [7, 11) is -16.9. The van der Waals surface area contributed by atoms with Crippen molar-refractivity contribution in [1.82, 2.24) is 34.2 Å². The third-order valence-electron chi connectivity index (χ3n) is 3.36. The van der Waals surface area contributed by atoms with Crippen LogP contribution in [-0.4, -0.2) is 64.3 Å². The molecule has 1 aromatic rings. The molecule has 0 spiro atoms. The average Bonchev–Trinajstić information content (AvgIpc) is 2.81. The molecule has 2 unspecified atom stereocenters. The van der Waals surface area contributed by atoms with E-state index in [0.717, 1.165) is 0 Å². The fourth-order valence-electron chi connectivity index (χ4n) is 2.21. The van der Waals surface area contributed by atoms with Gasteiger partial charge in [0.1, 0.15) is 18.3 Å². The fourth-order valence-corrected chi connectivity index (χ4v) is 5.24. The standard InChI is InChI=1S/C9H15FN3O14P3.4H3N/c10-3-1-13(9(16)12-7(3)11)8-6(15)5(14)4(25-8)2-24-29(20,21)27-30(22,23)26-28(17,18)19;;;;/h1,4-6,8,14-15H,2H2,(H,20,21)(H,22,23)(H2,11,12,16)(H2,17,18,19);4*1H3/t4-,5+,6+,8-;;;;/m1..../s1. The Morgan fingerprint density at radius 1 is 1.03 bits per heavy atom. The minimum Gasteiger partial charge on any atom is -0.387 e. The Bertz CT molecular complexity index is 1010. The minimum absolute atomic E-state index is 0. The van der Waals surface area contributed by atoms with Crippen molar-refractivity contribution in [3.05, 3.63) is 22.5 Å². The van der Waals surface area contributed by atoms with E-state index in [4.69, 9.17) is 25.2 Å². The lowest BCUT2D eigenvalue weighted by molar-refractivity contribution is -0.0545. The molecule has 0 amide bonds. The fraction of sp³-hybridized carbons (Fsp3) is 0.556. The van der Waals surface area contributed by atoms with Gasteiger partial charge in [-0.3, -0.25) is 9.09 Å². The van der Waals surface area contributed by atoms with Crippen molar-refractivity contribution in [2.24, 2.45) is 0 Å². The second-order valence-electron chi connectivity index (χ2n) is 5.60. The van der Waals surface area contributed by atoms with Crippen LogP contribution in [0.4, 0.5) is 10.2 Å². The second kappa shape index (κ2) is 13.2. The maximum atomic E-state index is 13.5. The van der Waals surface area contributed by atoms with Crippen molar-refractivity contribution in [1.29, 1.82) is 0 Å². The first-order valence-electron chi connectivity index (χ1n) is 7.35. The van der Waals surface area contributed by atoms with Crippen LogP contribution in [0.2, 0.25) is 0 Å². The number of phosphoric ester groups is 1. The Hall–Kier alpha value is -1.26. The van der Waals surface area contributed by atoms with Crippen molar-refractivity contribution in [2.75, 3.05) is 12.3 Å². The highest BCUT2D eigenvalue weighted by Gasteiger charge is 2.47. The third-order valence-corrected chi connectivity index (χ3v) is 7.17. The number of anilines is 1. The summed E-state index contributed by atoms with van der Waals surface area (Å²) in [4.78, 5) is 50.2. The van der Waals surface area contributed by atoms with E-state index >= 15 is 0 Å². The minimum atomic E-state index is -5.76. The van der Waals surface area contributed by atoms with E-state index < -0.39 is 71.9 Å². The van der Waals surface area contributed by atoms with E-state index in [2.05, 4.69) is 18.1 Å². The zero-order chi connectivity index (χ0) is 23.1. The monoisotopic (exact) mass is 569 g/mol. The summed E-state index contributed by atoms with van der Waals surface area (Å²) in [5, 5.41) is 19.9. The van der Waals surface area contributed by atoms with Gasteiger partial charge in [-0.15, -0.1) is 0 Å². The van der Waals surface area contributed by atoms with Gasteiger partial charge in [0.2, 0.25) is 0 Å². The zero-order valence-corrected chi connectivity index (χ0v) is 19.7. The number of phosphoric acid groups is 3. The highest BCUT2D eigenvalue weighted by molar-refractivity contribution is 7.66. The van der Waals surface area contributed by atoms with Gasteiger partial charge in [-0.25, -0.2) is 22.9 Å². The molecule has 2 heterocycles. The lowest BCUT2D eigenvalue weighted by Crippen LogP contribution is -2.36. The lowest BCUT2D eigenvalue weighted by atomic mass is 10.1. The van der Waals surface area contributed by atoms with Crippen LogP contribution in [0.5, 0.6) is 0 Å². The number of hydrogen-bond acceptors (Lipinski definition) is 16. The molecule has 1 aliphatic rings.